The van der Waals surface area contributed by atoms with Crippen LogP contribution in [0.5, 0.6) is 0 Å². The van der Waals surface area contributed by atoms with Gasteiger partial charge >= 0.3 is 0 Å². The van der Waals surface area contributed by atoms with Crippen LogP contribution in [0.2, 0.25) is 0 Å². The molecule has 2 heteroatoms. The van der Waals surface area contributed by atoms with Gasteiger partial charge in [0.2, 0.25) is 0 Å². The average Bonchev–Trinajstić information content (AvgIpc) is 3.82. The second-order valence-corrected chi connectivity index (χ2v) is 15.2. The van der Waals surface area contributed by atoms with Crippen molar-refractivity contribution in [3.05, 3.63) is 181 Å². The molecule has 53 heavy (non-hydrogen) atoms. The van der Waals surface area contributed by atoms with Gasteiger partial charge in [-0.05, 0) is 135 Å². The first-order chi connectivity index (χ1) is 26.0. The third-order valence-corrected chi connectivity index (χ3v) is 11.8. The number of allylic oxidation sites excluding steroid dienone is 4. The van der Waals surface area contributed by atoms with E-state index in [4.69, 9.17) is 4.42 Å². The molecule has 0 N–H and O–H groups in total. The summed E-state index contributed by atoms with van der Waals surface area (Å²) in [6, 6.07) is 53.7. The summed E-state index contributed by atoms with van der Waals surface area (Å²) in [5.74, 6) is 0. The van der Waals surface area contributed by atoms with Crippen LogP contribution < -0.4 is 0 Å². The van der Waals surface area contributed by atoms with E-state index in [0.717, 1.165) is 40.5 Å². The minimum Gasteiger partial charge on any atom is -0.456 e. The molecular weight excluding hydrogens is 643 g/mol. The number of nitrogens with zero attached hydrogens (tertiary/aromatic N) is 1. The van der Waals surface area contributed by atoms with Gasteiger partial charge in [0.15, 0.2) is 0 Å². The molecule has 0 aliphatic heterocycles. The number of furan rings is 1. The SMILES string of the molecule is CC1(C)c2ccccc2-c2cc3c4ccccc4n(-c4ccc5oc6ccc(-c7cc(C8=CCCC=C8)cc(-c8ccccc8)c7)cc6c5c4)c3cc21. The molecule has 11 rings (SSSR count). The van der Waals surface area contributed by atoms with Crippen LogP contribution in [0.25, 0.3) is 88.4 Å². The van der Waals surface area contributed by atoms with Crippen LogP contribution in [0, 0.1) is 0 Å². The number of benzene rings is 7. The molecule has 9 aromatic rings. The van der Waals surface area contributed by atoms with Crippen molar-refractivity contribution in [3.8, 4) is 39.1 Å². The number of hydrogen-bond donors (Lipinski definition) is 0. The maximum atomic E-state index is 6.50. The third-order valence-electron chi connectivity index (χ3n) is 11.8. The van der Waals surface area contributed by atoms with Gasteiger partial charge in [0.05, 0.1) is 11.0 Å². The lowest BCUT2D eigenvalue weighted by atomic mass is 9.82. The van der Waals surface area contributed by atoms with E-state index in [1.807, 2.05) is 0 Å². The zero-order chi connectivity index (χ0) is 35.3. The Labute approximate surface area is 308 Å². The van der Waals surface area contributed by atoms with Crippen molar-refractivity contribution in [1.29, 1.82) is 0 Å². The van der Waals surface area contributed by atoms with Crippen molar-refractivity contribution in [2.45, 2.75) is 32.1 Å². The van der Waals surface area contributed by atoms with Crippen LogP contribution in [-0.2, 0) is 5.41 Å². The standard InChI is InChI=1S/C51H37NO/c1-51(2)45-19-11-9-17-39(45)41-30-42-40-18-10-12-20-47(40)52(48(42)31-46(41)51)38-22-24-50-44(29-38)43-28-34(21-23-49(43)53-50)37-26-35(32-13-5-3-6-14-32)25-36(27-37)33-15-7-4-8-16-33/h3,5-7,9-31H,4,8H2,1-2H3. The monoisotopic (exact) mass is 679 g/mol. The lowest BCUT2D eigenvalue weighted by Gasteiger charge is -2.21. The van der Waals surface area contributed by atoms with Crippen molar-refractivity contribution in [1.82, 2.24) is 4.57 Å². The van der Waals surface area contributed by atoms with Gasteiger partial charge in [0.1, 0.15) is 11.2 Å². The fraction of sp³-hybridized carbons (Fsp3) is 0.0980. The van der Waals surface area contributed by atoms with Gasteiger partial charge in [-0.25, -0.2) is 0 Å². The minimum atomic E-state index is -0.0794. The molecule has 0 atom stereocenters. The molecule has 0 unspecified atom stereocenters. The Morgan fingerprint density at radius 3 is 2.08 bits per heavy atom. The van der Waals surface area contributed by atoms with E-state index in [1.165, 1.54) is 77.5 Å². The zero-order valence-electron chi connectivity index (χ0n) is 29.9. The number of fused-ring (bicyclic) bond motifs is 9. The van der Waals surface area contributed by atoms with Gasteiger partial charge < -0.3 is 8.98 Å². The van der Waals surface area contributed by atoms with Crippen LogP contribution in [0.1, 0.15) is 43.4 Å². The largest absolute Gasteiger partial charge is 0.456 e. The summed E-state index contributed by atoms with van der Waals surface area (Å²) in [5.41, 5.74) is 18.1. The fourth-order valence-electron chi connectivity index (χ4n) is 9.11. The Bertz CT molecular complexity index is 3020. The van der Waals surface area contributed by atoms with E-state index in [9.17, 15) is 0 Å². The molecule has 252 valence electrons. The number of para-hydroxylation sites is 1. The summed E-state index contributed by atoms with van der Waals surface area (Å²) < 4.78 is 8.95. The highest BCUT2D eigenvalue weighted by Crippen LogP contribution is 2.51. The highest BCUT2D eigenvalue weighted by molar-refractivity contribution is 6.13. The van der Waals surface area contributed by atoms with Crippen LogP contribution >= 0.6 is 0 Å². The Morgan fingerprint density at radius 2 is 1.23 bits per heavy atom. The van der Waals surface area contributed by atoms with Crippen LogP contribution in [0.15, 0.2) is 168 Å². The average molecular weight is 680 g/mol. The van der Waals surface area contributed by atoms with Crippen molar-refractivity contribution in [3.63, 3.8) is 0 Å². The molecule has 7 aromatic carbocycles. The smallest absolute Gasteiger partial charge is 0.135 e. The Kier molecular flexibility index (Phi) is 6.46. The molecule has 0 radical (unpaired) electrons. The Balaban J connectivity index is 1.10. The Morgan fingerprint density at radius 1 is 0.491 bits per heavy atom. The molecular formula is C51H37NO. The molecule has 0 spiro atoms. The zero-order valence-corrected chi connectivity index (χ0v) is 29.9. The van der Waals surface area contributed by atoms with Gasteiger partial charge in [0, 0.05) is 32.6 Å². The van der Waals surface area contributed by atoms with E-state index in [2.05, 4.69) is 182 Å². The summed E-state index contributed by atoms with van der Waals surface area (Å²) >= 11 is 0. The van der Waals surface area contributed by atoms with Crippen molar-refractivity contribution in [2.75, 3.05) is 0 Å². The highest BCUT2D eigenvalue weighted by atomic mass is 16.3. The molecule has 0 saturated heterocycles. The summed E-state index contributed by atoms with van der Waals surface area (Å²) in [4.78, 5) is 0. The Hall–Kier alpha value is -6.38. The van der Waals surface area contributed by atoms with E-state index in [0.29, 0.717) is 0 Å². The van der Waals surface area contributed by atoms with E-state index < -0.39 is 0 Å². The third kappa shape index (κ3) is 4.58. The quantitative estimate of drug-likeness (QED) is 0.181. The molecule has 2 nitrogen and oxygen atoms in total. The maximum Gasteiger partial charge on any atom is 0.135 e. The number of aromatic nitrogens is 1. The second kappa shape index (κ2) is 11.3. The van der Waals surface area contributed by atoms with E-state index in [1.54, 1.807) is 0 Å². The number of hydrogen-bond acceptors (Lipinski definition) is 1. The number of rotatable bonds is 4. The first-order valence-electron chi connectivity index (χ1n) is 18.7. The molecule has 2 aliphatic rings. The lowest BCUT2D eigenvalue weighted by molar-refractivity contribution is 0.661. The summed E-state index contributed by atoms with van der Waals surface area (Å²) in [7, 11) is 0. The normalized spacial score (nSPS) is 14.6. The van der Waals surface area contributed by atoms with Crippen LogP contribution in [0.4, 0.5) is 0 Å². The molecule has 0 bridgehead atoms. The summed E-state index contributed by atoms with van der Waals surface area (Å²) in [6.45, 7) is 4.72. The van der Waals surface area contributed by atoms with Crippen LogP contribution in [0.3, 0.4) is 0 Å². The predicted octanol–water partition coefficient (Wildman–Crippen LogP) is 14.1. The van der Waals surface area contributed by atoms with Crippen molar-refractivity contribution >= 4 is 49.3 Å². The van der Waals surface area contributed by atoms with Gasteiger partial charge in [0.25, 0.3) is 0 Å². The van der Waals surface area contributed by atoms with Gasteiger partial charge in [-0.15, -0.1) is 0 Å². The molecule has 0 amide bonds. The molecule has 2 aliphatic carbocycles. The molecule has 2 heterocycles. The second-order valence-electron chi connectivity index (χ2n) is 15.2. The first-order valence-corrected chi connectivity index (χ1v) is 18.7. The van der Waals surface area contributed by atoms with Gasteiger partial charge in [-0.3, -0.25) is 0 Å². The fourth-order valence-corrected chi connectivity index (χ4v) is 9.11. The van der Waals surface area contributed by atoms with E-state index >= 15 is 0 Å². The first kappa shape index (κ1) is 30.3. The topological polar surface area (TPSA) is 18.1 Å². The molecule has 0 fully saturated rings. The predicted molar refractivity (Wildman–Crippen MR) is 223 cm³/mol. The van der Waals surface area contributed by atoms with Gasteiger partial charge in [-0.2, -0.15) is 0 Å². The van der Waals surface area contributed by atoms with Crippen molar-refractivity contribution < 1.29 is 4.42 Å². The minimum absolute atomic E-state index is 0.0794. The van der Waals surface area contributed by atoms with Crippen molar-refractivity contribution in [2.24, 2.45) is 0 Å². The highest BCUT2D eigenvalue weighted by Gasteiger charge is 2.36. The molecule has 0 saturated carbocycles. The molecule has 2 aromatic heterocycles. The summed E-state index contributed by atoms with van der Waals surface area (Å²) in [6.07, 6.45) is 9.10. The van der Waals surface area contributed by atoms with Gasteiger partial charge in [-0.1, -0.05) is 111 Å². The lowest BCUT2D eigenvalue weighted by Crippen LogP contribution is -2.14. The van der Waals surface area contributed by atoms with Crippen LogP contribution in [-0.4, -0.2) is 4.57 Å². The van der Waals surface area contributed by atoms with E-state index in [-0.39, 0.29) is 5.41 Å². The summed E-state index contributed by atoms with van der Waals surface area (Å²) in [5, 5.41) is 4.80. The maximum absolute atomic E-state index is 6.50.